The van der Waals surface area contributed by atoms with E-state index in [2.05, 4.69) is 14.9 Å². The minimum atomic E-state index is -2.86. The topological polar surface area (TPSA) is 88.4 Å². The van der Waals surface area contributed by atoms with Crippen LogP contribution in [0.4, 0.5) is 8.78 Å². The molecule has 2 aromatic heterocycles. The van der Waals surface area contributed by atoms with Crippen molar-refractivity contribution in [3.63, 3.8) is 0 Å². The summed E-state index contributed by atoms with van der Waals surface area (Å²) in [5, 5.41) is 5.25. The molecule has 0 saturated heterocycles. The fraction of sp³-hybridized carbons (Fsp3) is 0.409. The molecule has 168 valence electrons. The number of carbonyl (C=O) groups is 2. The minimum Gasteiger partial charge on any atom is -0.360 e. The lowest BCUT2D eigenvalue weighted by Crippen LogP contribution is -2.36. The number of amides is 1. The van der Waals surface area contributed by atoms with Gasteiger partial charge in [0.1, 0.15) is 11.5 Å². The molecule has 1 N–H and O–H groups in total. The highest BCUT2D eigenvalue weighted by atomic mass is 35.5. The van der Waals surface area contributed by atoms with Gasteiger partial charge in [-0.3, -0.25) is 9.59 Å². The Bertz CT molecular complexity index is 1200. The van der Waals surface area contributed by atoms with Crippen LogP contribution in [0.1, 0.15) is 51.6 Å². The fourth-order valence-electron chi connectivity index (χ4n) is 4.22. The van der Waals surface area contributed by atoms with Crippen molar-refractivity contribution in [3.8, 4) is 0 Å². The van der Waals surface area contributed by atoms with E-state index in [1.54, 1.807) is 23.1 Å². The summed E-state index contributed by atoms with van der Waals surface area (Å²) in [7, 11) is 0. The number of rotatable bonds is 7. The van der Waals surface area contributed by atoms with E-state index in [9.17, 15) is 18.4 Å². The number of benzene rings is 1. The van der Waals surface area contributed by atoms with Gasteiger partial charge in [-0.05, 0) is 31.0 Å². The van der Waals surface area contributed by atoms with E-state index in [0.29, 0.717) is 47.8 Å². The van der Waals surface area contributed by atoms with Gasteiger partial charge in [0.2, 0.25) is 0 Å². The maximum absolute atomic E-state index is 13.1. The summed E-state index contributed by atoms with van der Waals surface area (Å²) in [6, 6.07) is 7.12. The zero-order valence-electron chi connectivity index (χ0n) is 17.0. The third-order valence-electron chi connectivity index (χ3n) is 6.23. The van der Waals surface area contributed by atoms with Gasteiger partial charge < -0.3 is 19.1 Å². The molecular weight excluding hydrogens is 444 g/mol. The third-order valence-corrected chi connectivity index (χ3v) is 6.56. The summed E-state index contributed by atoms with van der Waals surface area (Å²) in [5.41, 5.74) is 1.35. The van der Waals surface area contributed by atoms with Gasteiger partial charge in [0, 0.05) is 46.3 Å². The number of Topliss-reactive ketones (excluding diaryl/α,β-unsaturated/α-hetero) is 1. The van der Waals surface area contributed by atoms with Gasteiger partial charge in [-0.1, -0.05) is 22.8 Å². The van der Waals surface area contributed by atoms with Gasteiger partial charge >= 0.3 is 6.61 Å². The van der Waals surface area contributed by atoms with Gasteiger partial charge in [-0.15, -0.1) is 0 Å². The van der Waals surface area contributed by atoms with Crippen molar-refractivity contribution in [2.75, 3.05) is 13.2 Å². The summed E-state index contributed by atoms with van der Waals surface area (Å²) in [5.74, 6) is 0.0781. The summed E-state index contributed by atoms with van der Waals surface area (Å²) in [4.78, 5) is 30.7. The molecule has 32 heavy (non-hydrogen) atoms. The van der Waals surface area contributed by atoms with Gasteiger partial charge in [0.05, 0.1) is 13.2 Å². The Morgan fingerprint density at radius 2 is 2.16 bits per heavy atom. The summed E-state index contributed by atoms with van der Waals surface area (Å²) < 4.78 is 34.6. The first-order valence-electron chi connectivity index (χ1n) is 10.3. The van der Waals surface area contributed by atoms with Gasteiger partial charge in [-0.2, -0.15) is 8.78 Å². The summed E-state index contributed by atoms with van der Waals surface area (Å²) >= 11 is 6.21. The van der Waals surface area contributed by atoms with Crippen LogP contribution in [0.25, 0.3) is 10.9 Å². The molecule has 0 atom stereocenters. The highest BCUT2D eigenvalue weighted by Gasteiger charge is 2.46. The Hall–Kier alpha value is -2.78. The largest absolute Gasteiger partial charge is 0.360 e. The van der Waals surface area contributed by atoms with Gasteiger partial charge in [0.15, 0.2) is 11.5 Å². The number of alkyl halides is 2. The van der Waals surface area contributed by atoms with Crippen LogP contribution in [0.15, 0.2) is 28.8 Å². The molecule has 0 unspecified atom stereocenters. The molecule has 1 aliphatic carbocycles. The second-order valence-electron chi connectivity index (χ2n) is 8.47. The molecule has 0 radical (unpaired) electrons. The lowest BCUT2D eigenvalue weighted by atomic mass is 9.95. The molecule has 0 bridgehead atoms. The average Bonchev–Trinajstić information content (AvgIpc) is 3.20. The van der Waals surface area contributed by atoms with E-state index >= 15 is 0 Å². The number of carbonyl (C=O) groups excluding carboxylic acids is 2. The second-order valence-corrected chi connectivity index (χ2v) is 8.87. The van der Waals surface area contributed by atoms with Crippen LogP contribution in [0.2, 0.25) is 5.02 Å². The molecule has 1 aromatic carbocycles. The van der Waals surface area contributed by atoms with Crippen LogP contribution in [0.3, 0.4) is 0 Å². The number of aromatic amines is 1. The Labute approximate surface area is 186 Å². The number of nitrogens with one attached hydrogen (secondary N) is 1. The minimum absolute atomic E-state index is 0.0627. The molecule has 1 saturated carbocycles. The smallest absolute Gasteiger partial charge is 0.345 e. The highest BCUT2D eigenvalue weighted by Crippen LogP contribution is 2.50. The number of ether oxygens (including phenoxy) is 1. The van der Waals surface area contributed by atoms with Gasteiger partial charge in [-0.25, -0.2) is 0 Å². The SMILES string of the molecule is O=C(CC1(COC(F)F)CC1)c1noc2c1CN(C(=O)c1cc3c(Cl)cccc3[nH]1)CC2. The number of H-pyrrole nitrogens is 1. The van der Waals surface area contributed by atoms with Gasteiger partial charge in [0.25, 0.3) is 5.91 Å². The van der Waals surface area contributed by atoms with Crippen molar-refractivity contribution in [1.29, 1.82) is 0 Å². The second kappa shape index (κ2) is 7.97. The first-order chi connectivity index (χ1) is 15.3. The number of hydrogen-bond donors (Lipinski definition) is 1. The Morgan fingerprint density at radius 3 is 2.88 bits per heavy atom. The molecule has 5 rings (SSSR count). The first kappa shape index (κ1) is 21.1. The number of fused-ring (bicyclic) bond motifs is 2. The van der Waals surface area contributed by atoms with E-state index in [0.717, 1.165) is 10.9 Å². The lowest BCUT2D eigenvalue weighted by Gasteiger charge is -2.25. The molecule has 1 aliphatic heterocycles. The Balaban J connectivity index is 1.32. The van der Waals surface area contributed by atoms with Crippen molar-refractivity contribution in [2.24, 2.45) is 5.41 Å². The summed E-state index contributed by atoms with van der Waals surface area (Å²) in [6.45, 7) is -2.42. The van der Waals surface area contributed by atoms with E-state index in [4.69, 9.17) is 16.1 Å². The van der Waals surface area contributed by atoms with Crippen molar-refractivity contribution in [3.05, 3.63) is 52.0 Å². The van der Waals surface area contributed by atoms with Crippen LogP contribution < -0.4 is 0 Å². The molecule has 7 nitrogen and oxygen atoms in total. The average molecular weight is 464 g/mol. The molecule has 1 fully saturated rings. The zero-order valence-corrected chi connectivity index (χ0v) is 17.8. The molecule has 0 spiro atoms. The predicted molar refractivity (Wildman–Crippen MR) is 111 cm³/mol. The predicted octanol–water partition coefficient (Wildman–Crippen LogP) is 4.60. The summed E-state index contributed by atoms with van der Waals surface area (Å²) in [6.07, 6.45) is 1.80. The molecule has 1 amide bonds. The molecule has 2 aliphatic rings. The van der Waals surface area contributed by atoms with Crippen LogP contribution in [-0.2, 0) is 17.7 Å². The molecule has 10 heteroatoms. The molecular formula is C22H20ClF2N3O4. The van der Waals surface area contributed by atoms with Crippen LogP contribution in [0, 0.1) is 5.41 Å². The van der Waals surface area contributed by atoms with E-state index in [1.165, 1.54) is 0 Å². The zero-order chi connectivity index (χ0) is 22.5. The normalized spacial score (nSPS) is 17.1. The number of halogens is 3. The van der Waals surface area contributed by atoms with Crippen LogP contribution in [-0.4, -0.2) is 46.5 Å². The monoisotopic (exact) mass is 463 g/mol. The third kappa shape index (κ3) is 3.91. The highest BCUT2D eigenvalue weighted by molar-refractivity contribution is 6.35. The fourth-order valence-corrected chi connectivity index (χ4v) is 4.45. The van der Waals surface area contributed by atoms with Crippen molar-refractivity contribution >= 4 is 34.2 Å². The molecule has 3 aromatic rings. The van der Waals surface area contributed by atoms with E-state index in [-0.39, 0.29) is 37.0 Å². The Morgan fingerprint density at radius 1 is 1.34 bits per heavy atom. The number of ketones is 1. The lowest BCUT2D eigenvalue weighted by molar-refractivity contribution is -0.140. The van der Waals surface area contributed by atoms with E-state index < -0.39 is 12.0 Å². The standard InChI is InChI=1S/C22H20ClF2N3O4/c23-14-2-1-3-15-12(14)8-16(26-15)20(30)28-7-4-18-13(10-28)19(27-32-18)17(29)9-22(5-6-22)11-31-21(24)25/h1-3,8,21,26H,4-7,9-11H2. The maximum Gasteiger partial charge on any atom is 0.345 e. The van der Waals surface area contributed by atoms with Crippen LogP contribution in [0.5, 0.6) is 0 Å². The maximum atomic E-state index is 13.1. The quantitative estimate of drug-likeness (QED) is 0.517. The van der Waals surface area contributed by atoms with Crippen molar-refractivity contribution < 1.29 is 27.6 Å². The van der Waals surface area contributed by atoms with Crippen molar-refractivity contribution in [1.82, 2.24) is 15.0 Å². The number of nitrogens with zero attached hydrogens (tertiary/aromatic N) is 2. The number of aromatic nitrogens is 2. The first-order valence-corrected chi connectivity index (χ1v) is 10.7. The molecule has 3 heterocycles. The van der Waals surface area contributed by atoms with Crippen LogP contribution >= 0.6 is 11.6 Å². The van der Waals surface area contributed by atoms with Crippen molar-refractivity contribution in [2.45, 2.75) is 38.8 Å². The van der Waals surface area contributed by atoms with E-state index in [1.807, 2.05) is 6.07 Å². The Kier molecular flexibility index (Phi) is 5.25. The number of hydrogen-bond acceptors (Lipinski definition) is 5.